The normalized spacial score (nSPS) is 19.3. The summed E-state index contributed by atoms with van der Waals surface area (Å²) in [5, 5.41) is 18.3. The molecule has 1 aromatic heterocycles. The molecule has 1 aliphatic heterocycles. The molecule has 0 N–H and O–H groups in total. The molecule has 1 aromatic carbocycles. The molecule has 0 amide bonds. The fourth-order valence-corrected chi connectivity index (χ4v) is 3.00. The van der Waals surface area contributed by atoms with Gasteiger partial charge in [0.25, 0.3) is 0 Å². The van der Waals surface area contributed by atoms with Gasteiger partial charge in [-0.2, -0.15) is 10.5 Å². The highest BCUT2D eigenvalue weighted by atomic mass is 16.7. The van der Waals surface area contributed by atoms with Crippen LogP contribution in [0, 0.1) is 22.7 Å². The maximum Gasteiger partial charge on any atom is 0.177 e. The number of hydrogen-bond acceptors (Lipinski definition) is 6. The maximum atomic E-state index is 9.18. The molecule has 1 atom stereocenters. The van der Waals surface area contributed by atoms with Gasteiger partial charge in [0, 0.05) is 5.56 Å². The van der Waals surface area contributed by atoms with E-state index in [4.69, 9.17) is 14.7 Å². The highest BCUT2D eigenvalue weighted by Crippen LogP contribution is 2.46. The molecule has 1 unspecified atom stereocenters. The van der Waals surface area contributed by atoms with Crippen LogP contribution in [0.2, 0.25) is 0 Å². The molecule has 2 aromatic rings. The second-order valence-corrected chi connectivity index (χ2v) is 5.05. The highest BCUT2D eigenvalue weighted by Gasteiger charge is 2.40. The Hall–Kier alpha value is -2.80. The number of benzene rings is 1. The summed E-state index contributed by atoms with van der Waals surface area (Å²) in [4.78, 5) is 8.73. The maximum absolute atomic E-state index is 9.18. The van der Waals surface area contributed by atoms with Crippen LogP contribution in [0.5, 0.6) is 0 Å². The monoisotopic (exact) mass is 290 g/mol. The van der Waals surface area contributed by atoms with E-state index >= 15 is 0 Å². The lowest BCUT2D eigenvalue weighted by Gasteiger charge is -2.18. The number of hydrogen-bond donors (Lipinski definition) is 0. The lowest BCUT2D eigenvalue weighted by Crippen LogP contribution is -2.20. The van der Waals surface area contributed by atoms with Gasteiger partial charge in [-0.15, -0.1) is 0 Å². The van der Waals surface area contributed by atoms with Gasteiger partial charge in [-0.25, -0.2) is 9.97 Å². The molecular formula is C16H10N4O2. The summed E-state index contributed by atoms with van der Waals surface area (Å²) in [6.07, 6.45) is -0.434. The molecule has 1 aliphatic carbocycles. The number of nitrogens with zero attached hydrogens (tertiary/aromatic N) is 4. The van der Waals surface area contributed by atoms with Crippen LogP contribution in [0.25, 0.3) is 11.3 Å². The zero-order valence-electron chi connectivity index (χ0n) is 11.5. The van der Waals surface area contributed by atoms with E-state index in [1.807, 2.05) is 36.4 Å². The van der Waals surface area contributed by atoms with Crippen molar-refractivity contribution in [3.8, 4) is 23.4 Å². The predicted octanol–water partition coefficient (Wildman–Crippen LogP) is 1.71. The zero-order valence-corrected chi connectivity index (χ0v) is 11.5. The van der Waals surface area contributed by atoms with Crippen molar-refractivity contribution in [1.82, 2.24) is 9.97 Å². The number of rotatable bonds is 1. The molecule has 106 valence electrons. The first-order valence-corrected chi connectivity index (χ1v) is 6.88. The smallest absolute Gasteiger partial charge is 0.177 e. The third kappa shape index (κ3) is 1.72. The molecule has 2 aliphatic rings. The lowest BCUT2D eigenvalue weighted by atomic mass is 9.99. The van der Waals surface area contributed by atoms with Gasteiger partial charge in [0.05, 0.1) is 30.5 Å². The van der Waals surface area contributed by atoms with Gasteiger partial charge in [0.2, 0.25) is 0 Å². The van der Waals surface area contributed by atoms with E-state index < -0.39 is 6.29 Å². The van der Waals surface area contributed by atoms with E-state index in [0.717, 1.165) is 11.1 Å². The van der Waals surface area contributed by atoms with E-state index in [2.05, 4.69) is 9.97 Å². The Morgan fingerprint density at radius 2 is 1.68 bits per heavy atom. The second-order valence-electron chi connectivity index (χ2n) is 5.05. The quantitative estimate of drug-likeness (QED) is 0.793. The van der Waals surface area contributed by atoms with Crippen molar-refractivity contribution in [3.63, 3.8) is 0 Å². The largest absolute Gasteiger partial charge is 0.349 e. The van der Waals surface area contributed by atoms with Crippen LogP contribution in [0.1, 0.15) is 28.6 Å². The third-order valence-corrected chi connectivity index (χ3v) is 3.90. The minimum atomic E-state index is -0.434. The standard InChI is InChI=1S/C16H10N4O2/c17-7-11-12(8-18)20-15-13(16-21-5-6-22-16)9-3-1-2-4-10(9)14(15)19-11/h1-4,13,16H,5-6H2. The van der Waals surface area contributed by atoms with Gasteiger partial charge in [-0.1, -0.05) is 24.3 Å². The topological polar surface area (TPSA) is 91.8 Å². The van der Waals surface area contributed by atoms with E-state index in [1.165, 1.54) is 0 Å². The van der Waals surface area contributed by atoms with Gasteiger partial charge in [0.1, 0.15) is 12.1 Å². The van der Waals surface area contributed by atoms with Gasteiger partial charge in [-0.3, -0.25) is 0 Å². The van der Waals surface area contributed by atoms with Crippen molar-refractivity contribution < 1.29 is 9.47 Å². The van der Waals surface area contributed by atoms with Crippen molar-refractivity contribution in [2.24, 2.45) is 0 Å². The van der Waals surface area contributed by atoms with E-state index in [9.17, 15) is 5.26 Å². The van der Waals surface area contributed by atoms with Crippen LogP contribution in [-0.4, -0.2) is 29.5 Å². The first kappa shape index (κ1) is 12.9. The fourth-order valence-electron chi connectivity index (χ4n) is 3.00. The minimum absolute atomic E-state index is 0.0389. The molecule has 0 radical (unpaired) electrons. The molecule has 1 saturated heterocycles. The Morgan fingerprint density at radius 1 is 1.00 bits per heavy atom. The summed E-state index contributed by atoms with van der Waals surface area (Å²) in [6.45, 7) is 1.07. The van der Waals surface area contributed by atoms with Gasteiger partial charge in [0.15, 0.2) is 17.7 Å². The van der Waals surface area contributed by atoms with E-state index in [0.29, 0.717) is 24.6 Å². The molecule has 22 heavy (non-hydrogen) atoms. The fraction of sp³-hybridized carbons (Fsp3) is 0.250. The summed E-state index contributed by atoms with van der Waals surface area (Å²) in [5.41, 5.74) is 3.28. The Morgan fingerprint density at radius 3 is 2.41 bits per heavy atom. The average molecular weight is 290 g/mol. The summed E-state index contributed by atoms with van der Waals surface area (Å²) in [7, 11) is 0. The van der Waals surface area contributed by atoms with Crippen molar-refractivity contribution in [2.45, 2.75) is 12.2 Å². The third-order valence-electron chi connectivity index (χ3n) is 3.90. The predicted molar refractivity (Wildman–Crippen MR) is 74.4 cm³/mol. The van der Waals surface area contributed by atoms with E-state index in [-0.39, 0.29) is 17.3 Å². The molecule has 6 heteroatoms. The Balaban J connectivity index is 1.97. The Kier molecular flexibility index (Phi) is 2.87. The summed E-state index contributed by atoms with van der Waals surface area (Å²) >= 11 is 0. The van der Waals surface area contributed by atoms with E-state index in [1.54, 1.807) is 0 Å². The summed E-state index contributed by atoms with van der Waals surface area (Å²) in [6, 6.07) is 11.6. The minimum Gasteiger partial charge on any atom is -0.349 e. The van der Waals surface area contributed by atoms with Crippen molar-refractivity contribution in [2.75, 3.05) is 13.2 Å². The van der Waals surface area contributed by atoms with Gasteiger partial charge in [-0.05, 0) is 5.56 Å². The van der Waals surface area contributed by atoms with Crippen LogP contribution in [0.4, 0.5) is 0 Å². The van der Waals surface area contributed by atoms with Crippen LogP contribution in [-0.2, 0) is 9.47 Å². The second kappa shape index (κ2) is 4.88. The molecule has 0 bridgehead atoms. The van der Waals surface area contributed by atoms with Crippen molar-refractivity contribution >= 4 is 0 Å². The molecule has 4 rings (SSSR count). The summed E-state index contributed by atoms with van der Waals surface area (Å²) < 4.78 is 11.3. The van der Waals surface area contributed by atoms with Gasteiger partial charge < -0.3 is 9.47 Å². The SMILES string of the molecule is N#Cc1nc2c(nc1C#N)C(C1OCCO1)c1ccccc1-2. The first-order valence-electron chi connectivity index (χ1n) is 6.88. The van der Waals surface area contributed by atoms with Gasteiger partial charge >= 0.3 is 0 Å². The molecule has 6 nitrogen and oxygen atoms in total. The summed E-state index contributed by atoms with van der Waals surface area (Å²) in [5.74, 6) is -0.221. The Bertz CT molecular complexity index is 844. The number of fused-ring (bicyclic) bond motifs is 3. The van der Waals surface area contributed by atoms with Crippen molar-refractivity contribution in [3.05, 3.63) is 46.9 Å². The first-order chi connectivity index (χ1) is 10.8. The average Bonchev–Trinajstić information content (AvgIpc) is 3.18. The highest BCUT2D eigenvalue weighted by molar-refractivity contribution is 5.75. The molecule has 0 spiro atoms. The van der Waals surface area contributed by atoms with Crippen LogP contribution in [0.3, 0.4) is 0 Å². The lowest BCUT2D eigenvalue weighted by molar-refractivity contribution is -0.0523. The zero-order chi connectivity index (χ0) is 15.1. The Labute approximate surface area is 126 Å². The van der Waals surface area contributed by atoms with Crippen LogP contribution >= 0.6 is 0 Å². The molecule has 1 fully saturated rings. The molecule has 2 heterocycles. The molecule has 0 saturated carbocycles. The number of nitriles is 2. The van der Waals surface area contributed by atoms with Crippen LogP contribution in [0.15, 0.2) is 24.3 Å². The van der Waals surface area contributed by atoms with Crippen molar-refractivity contribution in [1.29, 1.82) is 10.5 Å². The van der Waals surface area contributed by atoms with Crippen LogP contribution < -0.4 is 0 Å². The number of aromatic nitrogens is 2. The number of ether oxygens (including phenoxy) is 2. The molecular weight excluding hydrogens is 280 g/mol.